The quantitative estimate of drug-likeness (QED) is 0.183. The van der Waals surface area contributed by atoms with Crippen molar-refractivity contribution in [3.8, 4) is 33.9 Å². The summed E-state index contributed by atoms with van der Waals surface area (Å²) in [6, 6.07) is 69.2. The Morgan fingerprint density at radius 1 is 0.365 bits per heavy atom. The molecular weight excluding hydrogens is 633 g/mol. The second-order valence-corrected chi connectivity index (χ2v) is 13.4. The van der Waals surface area contributed by atoms with Crippen LogP contribution in [0.25, 0.3) is 33.9 Å². The zero-order valence-electron chi connectivity index (χ0n) is 28.4. The topological polar surface area (TPSA) is 32.3 Å². The van der Waals surface area contributed by atoms with Crippen LogP contribution in [0.5, 0.6) is 0 Å². The fourth-order valence-electron chi connectivity index (χ4n) is 8.14. The molecule has 2 aliphatic rings. The summed E-state index contributed by atoms with van der Waals surface area (Å²) in [5.41, 5.74) is 14.8. The van der Waals surface area contributed by atoms with Crippen LogP contribution in [0.1, 0.15) is 28.7 Å². The van der Waals surface area contributed by atoms with E-state index < -0.39 is 0 Å². The largest absolute Gasteiger partial charge is 0.333 e. The number of aromatic nitrogens is 2. The third-order valence-electron chi connectivity index (χ3n) is 10.4. The van der Waals surface area contributed by atoms with Crippen molar-refractivity contribution in [1.82, 2.24) is 9.97 Å². The van der Waals surface area contributed by atoms with Gasteiger partial charge in [-0.1, -0.05) is 146 Å². The summed E-state index contributed by atoms with van der Waals surface area (Å²) < 4.78 is 0. The molecule has 0 aliphatic carbocycles. The lowest BCUT2D eigenvalue weighted by Gasteiger charge is -2.32. The van der Waals surface area contributed by atoms with Crippen molar-refractivity contribution in [1.29, 1.82) is 0 Å². The summed E-state index contributed by atoms with van der Waals surface area (Å²) >= 11 is 0. The molecule has 0 saturated carbocycles. The highest BCUT2D eigenvalue weighted by Gasteiger charge is 2.45. The van der Waals surface area contributed by atoms with E-state index in [1.54, 1.807) is 0 Å². The van der Waals surface area contributed by atoms with E-state index in [0.29, 0.717) is 5.82 Å². The third kappa shape index (κ3) is 4.99. The number of para-hydroxylation sites is 4. The van der Waals surface area contributed by atoms with E-state index in [4.69, 9.17) is 9.97 Å². The third-order valence-corrected chi connectivity index (χ3v) is 10.4. The molecule has 4 nitrogen and oxygen atoms in total. The molecular formula is C48H34N4. The molecule has 246 valence electrons. The molecule has 0 bridgehead atoms. The van der Waals surface area contributed by atoms with Crippen molar-refractivity contribution < 1.29 is 0 Å². The first-order valence-corrected chi connectivity index (χ1v) is 17.8. The number of hydrogen-bond donors (Lipinski definition) is 0. The minimum absolute atomic E-state index is 0.0442. The van der Waals surface area contributed by atoms with Crippen molar-refractivity contribution in [3.63, 3.8) is 0 Å². The maximum absolute atomic E-state index is 5.10. The lowest BCUT2D eigenvalue weighted by atomic mass is 9.84. The van der Waals surface area contributed by atoms with Gasteiger partial charge >= 0.3 is 0 Å². The highest BCUT2D eigenvalue weighted by atomic mass is 15.2. The molecule has 2 atom stereocenters. The van der Waals surface area contributed by atoms with Crippen LogP contribution in [0, 0.1) is 0 Å². The Bertz CT molecular complexity index is 2470. The summed E-state index contributed by atoms with van der Waals surface area (Å²) in [4.78, 5) is 15.1. The van der Waals surface area contributed by atoms with E-state index in [2.05, 4.69) is 180 Å². The molecule has 0 saturated heterocycles. The van der Waals surface area contributed by atoms with Gasteiger partial charge in [-0.3, -0.25) is 0 Å². The second-order valence-electron chi connectivity index (χ2n) is 13.4. The van der Waals surface area contributed by atoms with Gasteiger partial charge in [0.1, 0.15) is 0 Å². The van der Waals surface area contributed by atoms with Gasteiger partial charge in [0.05, 0.1) is 28.8 Å². The lowest BCUT2D eigenvalue weighted by Crippen LogP contribution is -2.22. The van der Waals surface area contributed by atoms with Gasteiger partial charge in [0, 0.05) is 39.7 Å². The minimum Gasteiger partial charge on any atom is -0.333 e. The molecule has 52 heavy (non-hydrogen) atoms. The molecule has 7 aromatic carbocycles. The van der Waals surface area contributed by atoms with E-state index >= 15 is 0 Å². The van der Waals surface area contributed by atoms with Gasteiger partial charge in [-0.15, -0.1) is 0 Å². The first-order chi connectivity index (χ1) is 25.8. The molecule has 1 aromatic heterocycles. The second kappa shape index (κ2) is 12.5. The van der Waals surface area contributed by atoms with E-state index in [0.717, 1.165) is 39.5 Å². The normalized spacial score (nSPS) is 15.6. The predicted octanol–water partition coefficient (Wildman–Crippen LogP) is 12.3. The van der Waals surface area contributed by atoms with Crippen LogP contribution in [0.3, 0.4) is 0 Å². The summed E-state index contributed by atoms with van der Waals surface area (Å²) in [5.74, 6) is 0.847. The van der Waals surface area contributed by atoms with Gasteiger partial charge in [0.2, 0.25) is 0 Å². The van der Waals surface area contributed by atoms with Crippen LogP contribution < -0.4 is 9.80 Å². The molecule has 10 rings (SSSR count). The number of hydrogen-bond acceptors (Lipinski definition) is 4. The molecule has 0 amide bonds. The van der Waals surface area contributed by atoms with Crippen LogP contribution in [0.15, 0.2) is 194 Å². The smallest absolute Gasteiger partial charge is 0.160 e. The molecule has 8 aromatic rings. The summed E-state index contributed by atoms with van der Waals surface area (Å²) in [5, 5.41) is 0. The highest BCUT2D eigenvalue weighted by molar-refractivity contribution is 5.87. The van der Waals surface area contributed by atoms with Gasteiger partial charge in [-0.25, -0.2) is 9.97 Å². The van der Waals surface area contributed by atoms with Gasteiger partial charge in [0.15, 0.2) is 5.82 Å². The standard InChI is InChI=1S/C48H34N4/c1-4-16-33(17-5-1)41-32-42(50-48(49-41)35-18-6-2-7-19-35)34-28-30-37(31-29-34)52-44-26-14-11-23-39(44)46-38-22-10-13-25-43(38)51(36-20-8-3-9-21-36)45-27-15-12-24-40(45)47(46)52/h1-32,46-47H. The number of rotatable bonds is 5. The Morgan fingerprint density at radius 2 is 0.827 bits per heavy atom. The molecule has 0 fully saturated rings. The Balaban J connectivity index is 1.12. The number of benzene rings is 7. The molecule has 0 radical (unpaired) electrons. The number of nitrogens with zero attached hydrogens (tertiary/aromatic N) is 4. The first kappa shape index (κ1) is 30.1. The fourth-order valence-corrected chi connectivity index (χ4v) is 8.14. The van der Waals surface area contributed by atoms with Crippen LogP contribution >= 0.6 is 0 Å². The molecule has 4 heteroatoms. The van der Waals surface area contributed by atoms with Crippen molar-refractivity contribution >= 4 is 28.4 Å². The molecule has 0 spiro atoms. The maximum Gasteiger partial charge on any atom is 0.160 e. The monoisotopic (exact) mass is 666 g/mol. The Labute approximate surface area is 304 Å². The van der Waals surface area contributed by atoms with E-state index in [1.807, 2.05) is 24.3 Å². The molecule has 2 aliphatic heterocycles. The average Bonchev–Trinajstić information content (AvgIpc) is 3.51. The Morgan fingerprint density at radius 3 is 1.46 bits per heavy atom. The van der Waals surface area contributed by atoms with Crippen LogP contribution in [0.2, 0.25) is 0 Å². The molecule has 3 heterocycles. The van der Waals surface area contributed by atoms with Crippen LogP contribution in [-0.2, 0) is 0 Å². The van der Waals surface area contributed by atoms with Gasteiger partial charge in [-0.2, -0.15) is 0 Å². The summed E-state index contributed by atoms with van der Waals surface area (Å²) in [6.07, 6.45) is 0. The summed E-state index contributed by atoms with van der Waals surface area (Å²) in [7, 11) is 0. The zero-order valence-corrected chi connectivity index (χ0v) is 28.4. The van der Waals surface area contributed by atoms with Gasteiger partial charge < -0.3 is 9.80 Å². The number of fused-ring (bicyclic) bond motifs is 7. The zero-order chi connectivity index (χ0) is 34.4. The lowest BCUT2D eigenvalue weighted by molar-refractivity contribution is 0.665. The molecule has 2 unspecified atom stereocenters. The Hall–Kier alpha value is -6.78. The SMILES string of the molecule is c1ccc(-c2cc(-c3ccc(N4c5ccccc5C5c6ccccc6N(c6ccccc6)c6ccccc6C54)cc3)nc(-c3ccccc3)n2)cc1. The van der Waals surface area contributed by atoms with Crippen molar-refractivity contribution in [2.24, 2.45) is 0 Å². The van der Waals surface area contributed by atoms with E-state index in [-0.39, 0.29) is 12.0 Å². The van der Waals surface area contributed by atoms with Crippen molar-refractivity contribution in [3.05, 3.63) is 211 Å². The van der Waals surface area contributed by atoms with Crippen LogP contribution in [-0.4, -0.2) is 9.97 Å². The van der Waals surface area contributed by atoms with Crippen molar-refractivity contribution in [2.75, 3.05) is 9.80 Å². The molecule has 0 N–H and O–H groups in total. The minimum atomic E-state index is 0.0442. The number of anilines is 5. The average molecular weight is 667 g/mol. The van der Waals surface area contributed by atoms with E-state index in [9.17, 15) is 0 Å². The predicted molar refractivity (Wildman–Crippen MR) is 213 cm³/mol. The first-order valence-electron chi connectivity index (χ1n) is 17.8. The van der Waals surface area contributed by atoms with Crippen molar-refractivity contribution in [2.45, 2.75) is 12.0 Å². The van der Waals surface area contributed by atoms with Gasteiger partial charge in [-0.05, 0) is 65.2 Å². The van der Waals surface area contributed by atoms with E-state index in [1.165, 1.54) is 33.8 Å². The van der Waals surface area contributed by atoms with Gasteiger partial charge in [0.25, 0.3) is 0 Å². The highest BCUT2D eigenvalue weighted by Crippen LogP contribution is 2.61. The van der Waals surface area contributed by atoms with Crippen LogP contribution in [0.4, 0.5) is 28.4 Å². The fraction of sp³-hybridized carbons (Fsp3) is 0.0417. The maximum atomic E-state index is 5.10. The Kier molecular flexibility index (Phi) is 7.24. The summed E-state index contributed by atoms with van der Waals surface area (Å²) in [6.45, 7) is 0.